The van der Waals surface area contributed by atoms with Crippen molar-refractivity contribution in [3.63, 3.8) is 0 Å². The molecule has 0 radical (unpaired) electrons. The number of nitrogens with one attached hydrogen (secondary N) is 1. The highest BCUT2D eigenvalue weighted by atomic mass is 32.2. The predicted molar refractivity (Wildman–Crippen MR) is 82.2 cm³/mol. The maximum absolute atomic E-state index is 3.53. The molecular formula is C16H25NS. The van der Waals surface area contributed by atoms with Crippen LogP contribution in [0.2, 0.25) is 0 Å². The van der Waals surface area contributed by atoms with E-state index in [0.717, 1.165) is 11.8 Å². The van der Waals surface area contributed by atoms with Gasteiger partial charge in [-0.15, -0.1) is 0 Å². The molecule has 1 aromatic carbocycles. The Morgan fingerprint density at radius 3 is 2.83 bits per heavy atom. The Labute approximate surface area is 116 Å². The standard InChI is InChI=1S/C16H25NS/c1-12(2)9-13-5-4-6-14(10-13)16(17-3)15-7-8-18-11-15/h4-6,10,12,15-17H,7-9,11H2,1-3H3. The van der Waals surface area contributed by atoms with Gasteiger partial charge in [0.05, 0.1) is 0 Å². The highest BCUT2D eigenvalue weighted by Gasteiger charge is 2.25. The third-order valence-corrected chi connectivity index (χ3v) is 4.89. The highest BCUT2D eigenvalue weighted by Crippen LogP contribution is 2.34. The summed E-state index contributed by atoms with van der Waals surface area (Å²) in [6.07, 6.45) is 2.54. The zero-order valence-electron chi connectivity index (χ0n) is 11.8. The lowest BCUT2D eigenvalue weighted by molar-refractivity contribution is 0.419. The average molecular weight is 263 g/mol. The molecule has 2 rings (SSSR count). The van der Waals surface area contributed by atoms with Crippen molar-refractivity contribution in [3.8, 4) is 0 Å². The summed E-state index contributed by atoms with van der Waals surface area (Å²) in [6, 6.07) is 9.71. The first-order valence-corrected chi connectivity index (χ1v) is 8.20. The van der Waals surface area contributed by atoms with Crippen LogP contribution in [0.5, 0.6) is 0 Å². The van der Waals surface area contributed by atoms with E-state index in [0.29, 0.717) is 6.04 Å². The van der Waals surface area contributed by atoms with E-state index in [1.165, 1.54) is 35.5 Å². The fourth-order valence-corrected chi connectivity index (χ4v) is 4.17. The zero-order chi connectivity index (χ0) is 13.0. The van der Waals surface area contributed by atoms with E-state index < -0.39 is 0 Å². The molecule has 1 nitrogen and oxygen atoms in total. The molecule has 1 fully saturated rings. The molecule has 18 heavy (non-hydrogen) atoms. The van der Waals surface area contributed by atoms with Crippen molar-refractivity contribution in [2.24, 2.45) is 11.8 Å². The first-order valence-electron chi connectivity index (χ1n) is 7.04. The van der Waals surface area contributed by atoms with Crippen molar-refractivity contribution in [3.05, 3.63) is 35.4 Å². The largest absolute Gasteiger partial charge is 0.313 e. The minimum absolute atomic E-state index is 0.534. The Morgan fingerprint density at radius 2 is 2.22 bits per heavy atom. The smallest absolute Gasteiger partial charge is 0.0354 e. The lowest BCUT2D eigenvalue weighted by Gasteiger charge is -2.23. The molecule has 1 heterocycles. The normalized spacial score (nSPS) is 21.4. The van der Waals surface area contributed by atoms with Gasteiger partial charge in [-0.1, -0.05) is 38.1 Å². The van der Waals surface area contributed by atoms with Gasteiger partial charge < -0.3 is 5.32 Å². The Kier molecular flexibility index (Phi) is 5.13. The van der Waals surface area contributed by atoms with E-state index in [2.05, 4.69) is 62.2 Å². The number of thioether (sulfide) groups is 1. The van der Waals surface area contributed by atoms with Gasteiger partial charge in [0.15, 0.2) is 0 Å². The minimum Gasteiger partial charge on any atom is -0.313 e. The van der Waals surface area contributed by atoms with Crippen LogP contribution in [0.4, 0.5) is 0 Å². The van der Waals surface area contributed by atoms with Crippen molar-refractivity contribution in [1.82, 2.24) is 5.32 Å². The van der Waals surface area contributed by atoms with Gasteiger partial charge in [0.2, 0.25) is 0 Å². The molecule has 0 saturated carbocycles. The van der Waals surface area contributed by atoms with Crippen molar-refractivity contribution in [1.29, 1.82) is 0 Å². The molecule has 0 amide bonds. The Hall–Kier alpha value is -0.470. The van der Waals surface area contributed by atoms with Gasteiger partial charge >= 0.3 is 0 Å². The van der Waals surface area contributed by atoms with Gasteiger partial charge in [-0.2, -0.15) is 11.8 Å². The fraction of sp³-hybridized carbons (Fsp3) is 0.625. The van der Waals surface area contributed by atoms with E-state index in [-0.39, 0.29) is 0 Å². The zero-order valence-corrected chi connectivity index (χ0v) is 12.6. The van der Waals surface area contributed by atoms with Gasteiger partial charge in [0.25, 0.3) is 0 Å². The Morgan fingerprint density at radius 1 is 1.39 bits per heavy atom. The maximum atomic E-state index is 3.53. The molecular weight excluding hydrogens is 238 g/mol. The van der Waals surface area contributed by atoms with Gasteiger partial charge in [0, 0.05) is 6.04 Å². The maximum Gasteiger partial charge on any atom is 0.0354 e. The number of hydrogen-bond acceptors (Lipinski definition) is 2. The molecule has 0 spiro atoms. The van der Waals surface area contributed by atoms with Crippen LogP contribution in [-0.4, -0.2) is 18.6 Å². The second-order valence-corrected chi connectivity index (χ2v) is 6.88. The second kappa shape index (κ2) is 6.63. The second-order valence-electron chi connectivity index (χ2n) is 5.73. The summed E-state index contributed by atoms with van der Waals surface area (Å²) in [7, 11) is 2.10. The molecule has 1 aliphatic heterocycles. The van der Waals surface area contributed by atoms with E-state index >= 15 is 0 Å². The lowest BCUT2D eigenvalue weighted by atomic mass is 9.90. The van der Waals surface area contributed by atoms with Crippen molar-refractivity contribution in [2.45, 2.75) is 32.7 Å². The quantitative estimate of drug-likeness (QED) is 0.864. The van der Waals surface area contributed by atoms with Crippen LogP contribution in [0.3, 0.4) is 0 Å². The third-order valence-electron chi connectivity index (χ3n) is 3.70. The molecule has 0 bridgehead atoms. The SMILES string of the molecule is CNC(c1cccc(CC(C)C)c1)C1CCSC1. The summed E-state index contributed by atoms with van der Waals surface area (Å²) in [5.74, 6) is 4.17. The topological polar surface area (TPSA) is 12.0 Å². The third kappa shape index (κ3) is 3.52. The van der Waals surface area contributed by atoms with E-state index in [1.54, 1.807) is 0 Å². The van der Waals surface area contributed by atoms with Crippen LogP contribution >= 0.6 is 11.8 Å². The number of rotatable bonds is 5. The van der Waals surface area contributed by atoms with Crippen molar-refractivity contribution in [2.75, 3.05) is 18.6 Å². The number of hydrogen-bond donors (Lipinski definition) is 1. The summed E-state index contributed by atoms with van der Waals surface area (Å²) >= 11 is 2.10. The summed E-state index contributed by atoms with van der Waals surface area (Å²) in [4.78, 5) is 0. The number of benzene rings is 1. The van der Waals surface area contributed by atoms with Crippen LogP contribution in [0.25, 0.3) is 0 Å². The molecule has 1 aliphatic rings. The van der Waals surface area contributed by atoms with Gasteiger partial charge in [0.1, 0.15) is 0 Å². The van der Waals surface area contributed by atoms with E-state index in [4.69, 9.17) is 0 Å². The van der Waals surface area contributed by atoms with Crippen LogP contribution in [0.15, 0.2) is 24.3 Å². The first-order chi connectivity index (χ1) is 8.70. The van der Waals surface area contributed by atoms with Crippen LogP contribution < -0.4 is 5.32 Å². The summed E-state index contributed by atoms with van der Waals surface area (Å²) in [6.45, 7) is 4.58. The molecule has 1 aromatic rings. The van der Waals surface area contributed by atoms with Gasteiger partial charge in [-0.3, -0.25) is 0 Å². The first kappa shape index (κ1) is 14.0. The molecule has 2 atom stereocenters. The van der Waals surface area contributed by atoms with Crippen LogP contribution in [0.1, 0.15) is 37.4 Å². The molecule has 1 saturated heterocycles. The average Bonchev–Trinajstić information content (AvgIpc) is 2.83. The molecule has 1 N–H and O–H groups in total. The fourth-order valence-electron chi connectivity index (χ4n) is 2.88. The van der Waals surface area contributed by atoms with Crippen molar-refractivity contribution < 1.29 is 0 Å². The van der Waals surface area contributed by atoms with Crippen molar-refractivity contribution >= 4 is 11.8 Å². The molecule has 2 heteroatoms. The van der Waals surface area contributed by atoms with Gasteiger partial charge in [-0.25, -0.2) is 0 Å². The lowest BCUT2D eigenvalue weighted by Crippen LogP contribution is -2.25. The van der Waals surface area contributed by atoms with Gasteiger partial charge in [-0.05, 0) is 54.4 Å². The molecule has 0 aromatic heterocycles. The summed E-state index contributed by atoms with van der Waals surface area (Å²) in [5, 5.41) is 3.53. The summed E-state index contributed by atoms with van der Waals surface area (Å²) < 4.78 is 0. The predicted octanol–water partition coefficient (Wildman–Crippen LogP) is 3.90. The highest BCUT2D eigenvalue weighted by molar-refractivity contribution is 7.99. The molecule has 0 aliphatic carbocycles. The Bertz CT molecular complexity index is 369. The summed E-state index contributed by atoms with van der Waals surface area (Å²) in [5.41, 5.74) is 2.96. The molecule has 100 valence electrons. The van der Waals surface area contributed by atoms with E-state index in [1.807, 2.05) is 0 Å². The Balaban J connectivity index is 2.14. The van der Waals surface area contributed by atoms with E-state index in [9.17, 15) is 0 Å². The van der Waals surface area contributed by atoms with Crippen LogP contribution in [-0.2, 0) is 6.42 Å². The monoisotopic (exact) mass is 263 g/mol. The minimum atomic E-state index is 0.534. The van der Waals surface area contributed by atoms with Crippen LogP contribution in [0, 0.1) is 11.8 Å². The molecule has 2 unspecified atom stereocenters.